The summed E-state index contributed by atoms with van der Waals surface area (Å²) in [6.07, 6.45) is 14.5. The molecule has 0 spiro atoms. The van der Waals surface area contributed by atoms with E-state index in [0.29, 0.717) is 0 Å². The van der Waals surface area contributed by atoms with Crippen LogP contribution in [0.3, 0.4) is 0 Å². The zero-order valence-electron chi connectivity index (χ0n) is 11.7. The molecule has 0 fully saturated rings. The Balaban J connectivity index is 2.10. The van der Waals surface area contributed by atoms with E-state index in [-0.39, 0.29) is 0 Å². The van der Waals surface area contributed by atoms with Crippen molar-refractivity contribution in [2.24, 2.45) is 0 Å². The molecular formula is C19H13I2N. The summed E-state index contributed by atoms with van der Waals surface area (Å²) in [6, 6.07) is 12.8. The molecule has 1 aromatic heterocycles. The molecule has 0 bridgehead atoms. The molecule has 1 heterocycles. The Labute approximate surface area is 157 Å². The Morgan fingerprint density at radius 2 is 1.23 bits per heavy atom. The lowest BCUT2D eigenvalue weighted by Gasteiger charge is -2.13. The van der Waals surface area contributed by atoms with E-state index in [2.05, 4.69) is 105 Å². The van der Waals surface area contributed by atoms with Gasteiger partial charge in [0.25, 0.3) is 0 Å². The van der Waals surface area contributed by atoms with Crippen LogP contribution in [-0.4, -0.2) is 4.98 Å². The monoisotopic (exact) mass is 509 g/mol. The van der Waals surface area contributed by atoms with Crippen LogP contribution in [-0.2, 0) is 0 Å². The SMILES string of the molecule is Ic1ccc(C2=C/C=C\C=C/C=C2c2ccc(I)nc2)cc1. The first-order valence-electron chi connectivity index (χ1n) is 6.87. The van der Waals surface area contributed by atoms with Gasteiger partial charge in [-0.15, -0.1) is 0 Å². The largest absolute Gasteiger partial charge is 0.250 e. The third kappa shape index (κ3) is 3.76. The normalized spacial score (nSPS) is 17.0. The molecule has 0 unspecified atom stereocenters. The van der Waals surface area contributed by atoms with Crippen molar-refractivity contribution in [2.45, 2.75) is 0 Å². The van der Waals surface area contributed by atoms with Gasteiger partial charge in [-0.3, -0.25) is 0 Å². The van der Waals surface area contributed by atoms with E-state index in [1.165, 1.54) is 20.3 Å². The highest BCUT2D eigenvalue weighted by Gasteiger charge is 2.10. The number of rotatable bonds is 2. The Bertz CT molecular complexity index is 710. The lowest BCUT2D eigenvalue weighted by Crippen LogP contribution is -1.93. The van der Waals surface area contributed by atoms with Crippen molar-refractivity contribution in [3.63, 3.8) is 0 Å². The van der Waals surface area contributed by atoms with Gasteiger partial charge in [0.1, 0.15) is 3.70 Å². The maximum atomic E-state index is 4.43. The first-order chi connectivity index (χ1) is 10.7. The van der Waals surface area contributed by atoms with Gasteiger partial charge in [0.15, 0.2) is 0 Å². The summed E-state index contributed by atoms with van der Waals surface area (Å²) in [7, 11) is 0. The predicted octanol–water partition coefficient (Wildman–Crippen LogP) is 5.88. The second-order valence-corrected chi connectivity index (χ2v) is 7.16. The van der Waals surface area contributed by atoms with Gasteiger partial charge in [-0.05, 0) is 80.1 Å². The van der Waals surface area contributed by atoms with E-state index in [1.807, 2.05) is 24.4 Å². The summed E-state index contributed by atoms with van der Waals surface area (Å²) >= 11 is 4.56. The molecule has 108 valence electrons. The summed E-state index contributed by atoms with van der Waals surface area (Å²) in [4.78, 5) is 4.43. The van der Waals surface area contributed by atoms with Crippen molar-refractivity contribution in [3.8, 4) is 0 Å². The fourth-order valence-electron chi connectivity index (χ4n) is 2.28. The Hall–Kier alpha value is -1.21. The second-order valence-electron chi connectivity index (χ2n) is 4.81. The first kappa shape index (κ1) is 15.7. The zero-order chi connectivity index (χ0) is 15.4. The van der Waals surface area contributed by atoms with Crippen molar-refractivity contribution >= 4 is 56.3 Å². The third-order valence-electron chi connectivity index (χ3n) is 3.34. The fourth-order valence-corrected chi connectivity index (χ4v) is 2.96. The number of nitrogens with zero attached hydrogens (tertiary/aromatic N) is 1. The number of benzene rings is 1. The standard InChI is InChI=1S/C19H13I2N/c20-16-10-7-14(8-11-16)17-5-3-1-2-4-6-18(17)15-9-12-19(21)22-13-15/h1-13H/b2-1?,3-1-,4-2-,5-3?,6-4?,17-5?,18-6?,18-17?. The molecular weight excluding hydrogens is 496 g/mol. The average molecular weight is 509 g/mol. The highest BCUT2D eigenvalue weighted by Crippen LogP contribution is 2.32. The van der Waals surface area contributed by atoms with Crippen LogP contribution in [0.2, 0.25) is 0 Å². The van der Waals surface area contributed by atoms with Gasteiger partial charge < -0.3 is 0 Å². The molecule has 0 saturated carbocycles. The molecule has 1 aliphatic rings. The maximum absolute atomic E-state index is 4.43. The first-order valence-corrected chi connectivity index (χ1v) is 9.03. The molecule has 0 radical (unpaired) electrons. The van der Waals surface area contributed by atoms with Crippen LogP contribution < -0.4 is 0 Å². The molecule has 0 amide bonds. The minimum Gasteiger partial charge on any atom is -0.250 e. The molecule has 3 rings (SSSR count). The van der Waals surface area contributed by atoms with Gasteiger partial charge in [-0.1, -0.05) is 54.7 Å². The van der Waals surface area contributed by atoms with E-state index in [1.54, 1.807) is 0 Å². The Morgan fingerprint density at radius 1 is 0.636 bits per heavy atom. The van der Waals surface area contributed by atoms with Gasteiger partial charge in [0.2, 0.25) is 0 Å². The van der Waals surface area contributed by atoms with Crippen molar-refractivity contribution < 1.29 is 0 Å². The molecule has 1 aliphatic carbocycles. The van der Waals surface area contributed by atoms with E-state index < -0.39 is 0 Å². The van der Waals surface area contributed by atoms with Crippen molar-refractivity contribution in [1.82, 2.24) is 4.98 Å². The molecule has 2 aromatic rings. The van der Waals surface area contributed by atoms with Crippen LogP contribution in [0.1, 0.15) is 11.1 Å². The smallest absolute Gasteiger partial charge is 0.101 e. The zero-order valence-corrected chi connectivity index (χ0v) is 16.0. The summed E-state index contributed by atoms with van der Waals surface area (Å²) < 4.78 is 2.24. The molecule has 1 nitrogen and oxygen atoms in total. The van der Waals surface area contributed by atoms with Crippen molar-refractivity contribution in [3.05, 3.63) is 97.4 Å². The molecule has 3 heteroatoms. The van der Waals surface area contributed by atoms with Crippen LogP contribution in [0.15, 0.2) is 79.1 Å². The quantitative estimate of drug-likeness (QED) is 0.364. The molecule has 1 aromatic carbocycles. The maximum Gasteiger partial charge on any atom is 0.101 e. The fraction of sp³-hybridized carbons (Fsp3) is 0. The highest BCUT2D eigenvalue weighted by molar-refractivity contribution is 14.1. The molecule has 0 N–H and O–H groups in total. The minimum atomic E-state index is 1.00. The van der Waals surface area contributed by atoms with Gasteiger partial charge in [0, 0.05) is 15.3 Å². The van der Waals surface area contributed by atoms with Crippen molar-refractivity contribution in [1.29, 1.82) is 0 Å². The minimum absolute atomic E-state index is 1.00. The molecule has 0 atom stereocenters. The van der Waals surface area contributed by atoms with Crippen LogP contribution in [0.5, 0.6) is 0 Å². The van der Waals surface area contributed by atoms with Gasteiger partial charge in [-0.25, -0.2) is 4.98 Å². The number of hydrogen-bond acceptors (Lipinski definition) is 1. The van der Waals surface area contributed by atoms with Gasteiger partial charge in [0.05, 0.1) is 0 Å². The Morgan fingerprint density at radius 3 is 1.82 bits per heavy atom. The number of hydrogen-bond donors (Lipinski definition) is 0. The summed E-state index contributed by atoms with van der Waals surface area (Å²) in [6.45, 7) is 0. The van der Waals surface area contributed by atoms with Gasteiger partial charge >= 0.3 is 0 Å². The molecule has 0 saturated heterocycles. The highest BCUT2D eigenvalue weighted by atomic mass is 127. The van der Waals surface area contributed by atoms with E-state index in [4.69, 9.17) is 0 Å². The summed E-state index contributed by atoms with van der Waals surface area (Å²) in [5, 5.41) is 0. The number of aromatic nitrogens is 1. The van der Waals surface area contributed by atoms with Crippen LogP contribution in [0.25, 0.3) is 11.1 Å². The lowest BCUT2D eigenvalue weighted by atomic mass is 9.92. The van der Waals surface area contributed by atoms with E-state index in [0.717, 1.165) is 9.26 Å². The Kier molecular flexibility index (Phi) is 5.25. The van der Waals surface area contributed by atoms with Crippen LogP contribution >= 0.6 is 45.2 Å². The number of allylic oxidation sites excluding steroid dienone is 8. The second kappa shape index (κ2) is 7.37. The van der Waals surface area contributed by atoms with Crippen molar-refractivity contribution in [2.75, 3.05) is 0 Å². The van der Waals surface area contributed by atoms with E-state index >= 15 is 0 Å². The number of pyridine rings is 1. The third-order valence-corrected chi connectivity index (χ3v) is 4.70. The number of halogens is 2. The summed E-state index contributed by atoms with van der Waals surface area (Å²) in [5.41, 5.74) is 4.74. The average Bonchev–Trinajstić information content (AvgIpc) is 2.50. The van der Waals surface area contributed by atoms with Crippen LogP contribution in [0.4, 0.5) is 0 Å². The van der Waals surface area contributed by atoms with E-state index in [9.17, 15) is 0 Å². The predicted molar refractivity (Wildman–Crippen MR) is 110 cm³/mol. The van der Waals surface area contributed by atoms with Crippen LogP contribution in [0, 0.1) is 7.27 Å². The lowest BCUT2D eigenvalue weighted by molar-refractivity contribution is 1.26. The van der Waals surface area contributed by atoms with Gasteiger partial charge in [-0.2, -0.15) is 0 Å². The summed E-state index contributed by atoms with van der Waals surface area (Å²) in [5.74, 6) is 0. The molecule has 22 heavy (non-hydrogen) atoms. The topological polar surface area (TPSA) is 12.9 Å². The molecule has 0 aliphatic heterocycles.